The molecule has 0 bridgehead atoms. The van der Waals surface area contributed by atoms with Crippen LogP contribution in [-0.2, 0) is 6.54 Å². The van der Waals surface area contributed by atoms with Crippen LogP contribution in [0.3, 0.4) is 0 Å². The summed E-state index contributed by atoms with van der Waals surface area (Å²) in [6.45, 7) is 9.42. The monoisotopic (exact) mass is 356 g/mol. The van der Waals surface area contributed by atoms with Gasteiger partial charge in [0.25, 0.3) is 0 Å². The Morgan fingerprint density at radius 1 is 1.43 bits per heavy atom. The van der Waals surface area contributed by atoms with Gasteiger partial charge in [-0.15, -0.1) is 0 Å². The van der Waals surface area contributed by atoms with Crippen molar-refractivity contribution in [2.24, 2.45) is 5.92 Å². The van der Waals surface area contributed by atoms with Gasteiger partial charge >= 0.3 is 0 Å². The molecule has 0 amide bonds. The van der Waals surface area contributed by atoms with Crippen LogP contribution >= 0.6 is 15.9 Å². The van der Waals surface area contributed by atoms with Crippen LogP contribution in [0.4, 0.5) is 4.39 Å². The zero-order valence-electron chi connectivity index (χ0n) is 13.2. The second-order valence-corrected chi connectivity index (χ2v) is 7.38. The van der Waals surface area contributed by atoms with Crippen molar-refractivity contribution in [1.82, 2.24) is 10.2 Å². The number of nitrogens with one attached hydrogen (secondary N) is 1. The Labute approximate surface area is 136 Å². The quantitative estimate of drug-likeness (QED) is 0.850. The van der Waals surface area contributed by atoms with Crippen LogP contribution in [0.1, 0.15) is 39.2 Å². The van der Waals surface area contributed by atoms with Crippen LogP contribution < -0.4 is 5.32 Å². The maximum absolute atomic E-state index is 14.0. The molecule has 0 aliphatic carbocycles. The van der Waals surface area contributed by atoms with Crippen LogP contribution in [0.25, 0.3) is 0 Å². The van der Waals surface area contributed by atoms with E-state index in [1.165, 1.54) is 0 Å². The molecular weight excluding hydrogens is 331 g/mol. The van der Waals surface area contributed by atoms with Gasteiger partial charge in [-0.3, -0.25) is 4.90 Å². The van der Waals surface area contributed by atoms with Gasteiger partial charge in [0, 0.05) is 41.8 Å². The van der Waals surface area contributed by atoms with Gasteiger partial charge in [0.1, 0.15) is 5.82 Å². The summed E-state index contributed by atoms with van der Waals surface area (Å²) in [5, 5.41) is 3.62. The lowest BCUT2D eigenvalue weighted by Crippen LogP contribution is -2.56. The minimum Gasteiger partial charge on any atom is -0.311 e. The smallest absolute Gasteiger partial charge is 0.127 e. The summed E-state index contributed by atoms with van der Waals surface area (Å²) in [7, 11) is 0. The number of hydrogen-bond acceptors (Lipinski definition) is 2. The molecule has 0 saturated carbocycles. The van der Waals surface area contributed by atoms with Crippen LogP contribution in [0.15, 0.2) is 22.7 Å². The van der Waals surface area contributed by atoms with Gasteiger partial charge in [0.15, 0.2) is 0 Å². The second kappa shape index (κ2) is 7.70. The van der Waals surface area contributed by atoms with E-state index in [-0.39, 0.29) is 5.82 Å². The van der Waals surface area contributed by atoms with Crippen LogP contribution in [0.5, 0.6) is 0 Å². The van der Waals surface area contributed by atoms with Crippen molar-refractivity contribution in [3.05, 3.63) is 34.1 Å². The van der Waals surface area contributed by atoms with E-state index in [4.69, 9.17) is 0 Å². The fraction of sp³-hybridized carbons (Fsp3) is 0.647. The van der Waals surface area contributed by atoms with Crippen molar-refractivity contribution in [1.29, 1.82) is 0 Å². The number of piperazine rings is 1. The van der Waals surface area contributed by atoms with E-state index in [0.29, 0.717) is 24.5 Å². The Kier molecular flexibility index (Phi) is 6.20. The maximum atomic E-state index is 14.0. The van der Waals surface area contributed by atoms with E-state index in [1.54, 1.807) is 12.1 Å². The third-order valence-corrected chi connectivity index (χ3v) is 4.72. The molecule has 1 heterocycles. The SMILES string of the molecule is CCC1CN(Cc2cc(Br)ccc2F)C(CC(C)C)CN1. The Balaban J connectivity index is 2.13. The first-order valence-electron chi connectivity index (χ1n) is 7.91. The predicted molar refractivity (Wildman–Crippen MR) is 89.8 cm³/mol. The van der Waals surface area contributed by atoms with Crippen molar-refractivity contribution in [2.75, 3.05) is 13.1 Å². The topological polar surface area (TPSA) is 15.3 Å². The van der Waals surface area contributed by atoms with Crippen LogP contribution in [-0.4, -0.2) is 30.1 Å². The third-order valence-electron chi connectivity index (χ3n) is 4.23. The van der Waals surface area contributed by atoms with Gasteiger partial charge in [-0.25, -0.2) is 4.39 Å². The number of hydrogen-bond donors (Lipinski definition) is 1. The molecule has 4 heteroatoms. The molecule has 2 atom stereocenters. The fourth-order valence-corrected chi connectivity index (χ4v) is 3.46. The molecule has 2 unspecified atom stereocenters. The molecule has 1 aliphatic heterocycles. The normalized spacial score (nSPS) is 23.7. The van der Waals surface area contributed by atoms with Gasteiger partial charge in [-0.2, -0.15) is 0 Å². The number of nitrogens with zero attached hydrogens (tertiary/aromatic N) is 1. The molecule has 2 rings (SSSR count). The molecule has 1 fully saturated rings. The summed E-state index contributed by atoms with van der Waals surface area (Å²) in [5.74, 6) is 0.554. The Bertz CT molecular complexity index is 464. The first-order valence-corrected chi connectivity index (χ1v) is 8.70. The zero-order valence-corrected chi connectivity index (χ0v) is 14.8. The largest absolute Gasteiger partial charge is 0.311 e. The van der Waals surface area contributed by atoms with Crippen LogP contribution in [0.2, 0.25) is 0 Å². The Hall–Kier alpha value is -0.450. The maximum Gasteiger partial charge on any atom is 0.127 e. The highest BCUT2D eigenvalue weighted by Gasteiger charge is 2.28. The molecule has 1 saturated heterocycles. The van der Waals surface area contributed by atoms with E-state index in [2.05, 4.69) is 46.9 Å². The van der Waals surface area contributed by atoms with Crippen LogP contribution in [0, 0.1) is 11.7 Å². The van der Waals surface area contributed by atoms with E-state index in [9.17, 15) is 4.39 Å². The van der Waals surface area contributed by atoms with E-state index < -0.39 is 0 Å². The van der Waals surface area contributed by atoms with Gasteiger partial charge in [-0.05, 0) is 37.0 Å². The Morgan fingerprint density at radius 3 is 2.86 bits per heavy atom. The zero-order chi connectivity index (χ0) is 15.4. The highest BCUT2D eigenvalue weighted by atomic mass is 79.9. The standard InChI is InChI=1S/C17H26BrFN2/c1-4-15-11-21(16(9-20-15)7-12(2)3)10-13-8-14(18)5-6-17(13)19/h5-6,8,12,15-16,20H,4,7,9-11H2,1-3H3. The summed E-state index contributed by atoms with van der Waals surface area (Å²) >= 11 is 3.44. The van der Waals surface area contributed by atoms with E-state index in [0.717, 1.165) is 36.0 Å². The first kappa shape index (κ1) is 16.9. The average Bonchev–Trinajstić information content (AvgIpc) is 2.44. The third kappa shape index (κ3) is 4.76. The minimum absolute atomic E-state index is 0.104. The molecule has 1 aromatic carbocycles. The Morgan fingerprint density at radius 2 is 2.19 bits per heavy atom. The molecule has 1 N–H and O–H groups in total. The van der Waals surface area contributed by atoms with E-state index >= 15 is 0 Å². The fourth-order valence-electron chi connectivity index (χ4n) is 3.06. The summed E-state index contributed by atoms with van der Waals surface area (Å²) < 4.78 is 15.0. The molecule has 1 aliphatic rings. The summed E-state index contributed by atoms with van der Waals surface area (Å²) in [5.41, 5.74) is 0.787. The molecule has 21 heavy (non-hydrogen) atoms. The lowest BCUT2D eigenvalue weighted by molar-refractivity contribution is 0.104. The van der Waals surface area contributed by atoms with Gasteiger partial charge < -0.3 is 5.32 Å². The summed E-state index contributed by atoms with van der Waals surface area (Å²) in [4.78, 5) is 2.45. The van der Waals surface area contributed by atoms with Crippen molar-refractivity contribution >= 4 is 15.9 Å². The van der Waals surface area contributed by atoms with Gasteiger partial charge in [0.2, 0.25) is 0 Å². The van der Waals surface area contributed by atoms with Crippen molar-refractivity contribution in [3.63, 3.8) is 0 Å². The first-order chi connectivity index (χ1) is 9.99. The molecule has 2 nitrogen and oxygen atoms in total. The molecule has 1 aromatic rings. The van der Waals surface area contributed by atoms with Gasteiger partial charge in [-0.1, -0.05) is 36.7 Å². The second-order valence-electron chi connectivity index (χ2n) is 6.46. The minimum atomic E-state index is -0.104. The number of benzene rings is 1. The van der Waals surface area contributed by atoms with E-state index in [1.807, 2.05) is 6.07 Å². The highest BCUT2D eigenvalue weighted by molar-refractivity contribution is 9.10. The van der Waals surface area contributed by atoms with Crippen molar-refractivity contribution < 1.29 is 4.39 Å². The molecule has 0 radical (unpaired) electrons. The lowest BCUT2D eigenvalue weighted by atomic mass is 9.97. The highest BCUT2D eigenvalue weighted by Crippen LogP contribution is 2.22. The lowest BCUT2D eigenvalue weighted by Gasteiger charge is -2.41. The number of rotatable bonds is 5. The summed E-state index contributed by atoms with van der Waals surface area (Å²) in [6.07, 6.45) is 2.27. The molecule has 0 aromatic heterocycles. The molecular formula is C17H26BrFN2. The van der Waals surface area contributed by atoms with Crippen molar-refractivity contribution in [3.8, 4) is 0 Å². The summed E-state index contributed by atoms with van der Waals surface area (Å²) in [6, 6.07) is 6.23. The number of halogens is 2. The van der Waals surface area contributed by atoms with Crippen molar-refractivity contribution in [2.45, 2.75) is 52.2 Å². The molecule has 0 spiro atoms. The predicted octanol–water partition coefficient (Wildman–Crippen LogP) is 4.19. The molecule has 118 valence electrons. The van der Waals surface area contributed by atoms with Gasteiger partial charge in [0.05, 0.1) is 0 Å². The average molecular weight is 357 g/mol.